The van der Waals surface area contributed by atoms with Gasteiger partial charge in [-0.3, -0.25) is 4.79 Å². The number of likely N-dealkylation sites (tertiary alicyclic amines) is 1. The van der Waals surface area contributed by atoms with E-state index in [9.17, 15) is 4.79 Å². The Balaban J connectivity index is 1.92. The maximum atomic E-state index is 12.6. The molecular weight excluding hydrogens is 226 g/mol. The molecule has 4 nitrogen and oxygen atoms in total. The predicted octanol–water partition coefficient (Wildman–Crippen LogP) is 0.977. The molecule has 2 rings (SSSR count). The van der Waals surface area contributed by atoms with Gasteiger partial charge in [0.1, 0.15) is 0 Å². The number of amides is 1. The van der Waals surface area contributed by atoms with Gasteiger partial charge in [0.15, 0.2) is 0 Å². The van der Waals surface area contributed by atoms with Crippen LogP contribution >= 0.6 is 0 Å². The lowest BCUT2D eigenvalue weighted by Gasteiger charge is -2.38. The second-order valence-electron chi connectivity index (χ2n) is 5.99. The van der Waals surface area contributed by atoms with E-state index in [0.29, 0.717) is 6.04 Å². The van der Waals surface area contributed by atoms with E-state index in [1.165, 1.54) is 6.42 Å². The molecule has 0 aromatic rings. The van der Waals surface area contributed by atoms with E-state index < -0.39 is 0 Å². The molecule has 0 bridgehead atoms. The predicted molar refractivity (Wildman–Crippen MR) is 73.5 cm³/mol. The number of carbonyl (C=O) groups is 1. The van der Waals surface area contributed by atoms with Crippen molar-refractivity contribution in [3.63, 3.8) is 0 Å². The highest BCUT2D eigenvalue weighted by Gasteiger charge is 2.38. The van der Waals surface area contributed by atoms with Crippen LogP contribution in [0.4, 0.5) is 0 Å². The van der Waals surface area contributed by atoms with Crippen molar-refractivity contribution in [3.8, 4) is 0 Å². The van der Waals surface area contributed by atoms with Gasteiger partial charge in [0, 0.05) is 19.1 Å². The van der Waals surface area contributed by atoms with Gasteiger partial charge in [-0.2, -0.15) is 0 Å². The molecule has 0 saturated carbocycles. The van der Waals surface area contributed by atoms with Gasteiger partial charge in [0.25, 0.3) is 0 Å². The lowest BCUT2D eigenvalue weighted by molar-refractivity contribution is -0.133. The molecule has 104 valence electrons. The number of likely N-dealkylation sites (N-methyl/N-ethyl adjacent to an activating group) is 1. The van der Waals surface area contributed by atoms with Gasteiger partial charge in [-0.05, 0) is 52.2 Å². The highest BCUT2D eigenvalue weighted by Crippen LogP contribution is 2.30. The second-order valence-corrected chi connectivity index (χ2v) is 5.99. The second kappa shape index (κ2) is 6.02. The summed E-state index contributed by atoms with van der Waals surface area (Å²) in [5, 5.41) is 6.67. The molecule has 0 aromatic carbocycles. The van der Waals surface area contributed by atoms with E-state index in [1.807, 2.05) is 0 Å². The van der Waals surface area contributed by atoms with Gasteiger partial charge in [0.2, 0.25) is 5.91 Å². The molecule has 0 aromatic heterocycles. The Labute approximate surface area is 110 Å². The van der Waals surface area contributed by atoms with E-state index >= 15 is 0 Å². The van der Waals surface area contributed by atoms with Crippen molar-refractivity contribution in [3.05, 3.63) is 0 Å². The Morgan fingerprint density at radius 1 is 1.50 bits per heavy atom. The fourth-order valence-corrected chi connectivity index (χ4v) is 3.25. The van der Waals surface area contributed by atoms with Crippen molar-refractivity contribution in [1.82, 2.24) is 15.5 Å². The van der Waals surface area contributed by atoms with E-state index in [4.69, 9.17) is 0 Å². The first-order valence-electron chi connectivity index (χ1n) is 7.36. The van der Waals surface area contributed by atoms with Crippen molar-refractivity contribution >= 4 is 5.91 Å². The largest absolute Gasteiger partial charge is 0.352 e. The number of nitrogens with zero attached hydrogens (tertiary/aromatic N) is 1. The fraction of sp³-hybridized carbons (Fsp3) is 0.929. The third-order valence-electron chi connectivity index (χ3n) is 4.59. The van der Waals surface area contributed by atoms with E-state index in [0.717, 1.165) is 51.9 Å². The Kier molecular flexibility index (Phi) is 4.62. The summed E-state index contributed by atoms with van der Waals surface area (Å²) in [6, 6.07) is 0.349. The van der Waals surface area contributed by atoms with Gasteiger partial charge in [-0.15, -0.1) is 0 Å². The first-order valence-corrected chi connectivity index (χ1v) is 7.36. The third-order valence-corrected chi connectivity index (χ3v) is 4.59. The maximum Gasteiger partial charge on any atom is 0.227 e. The summed E-state index contributed by atoms with van der Waals surface area (Å²) < 4.78 is 0. The van der Waals surface area contributed by atoms with Gasteiger partial charge < -0.3 is 15.5 Å². The molecule has 0 radical (unpaired) electrons. The average Bonchev–Trinajstić information content (AvgIpc) is 2.39. The Morgan fingerprint density at radius 3 is 2.94 bits per heavy atom. The van der Waals surface area contributed by atoms with E-state index in [2.05, 4.69) is 29.5 Å². The van der Waals surface area contributed by atoms with Crippen LogP contribution in [0.25, 0.3) is 0 Å². The van der Waals surface area contributed by atoms with Crippen LogP contribution in [0.2, 0.25) is 0 Å². The zero-order valence-corrected chi connectivity index (χ0v) is 11.8. The van der Waals surface area contributed by atoms with Crippen LogP contribution in [0.3, 0.4) is 0 Å². The normalized spacial score (nSPS) is 34.2. The Hall–Kier alpha value is -0.610. The van der Waals surface area contributed by atoms with Crippen LogP contribution in [0, 0.1) is 5.41 Å². The number of piperidine rings is 2. The molecule has 2 fully saturated rings. The van der Waals surface area contributed by atoms with Crippen LogP contribution in [0.5, 0.6) is 0 Å². The lowest BCUT2D eigenvalue weighted by Crippen LogP contribution is -2.55. The number of carbonyl (C=O) groups excluding carboxylic acids is 1. The summed E-state index contributed by atoms with van der Waals surface area (Å²) in [6.07, 6.45) is 5.41. The minimum atomic E-state index is -0.158. The molecule has 0 spiro atoms. The molecular formula is C14H27N3O. The summed E-state index contributed by atoms with van der Waals surface area (Å²) in [6.45, 7) is 6.20. The van der Waals surface area contributed by atoms with Gasteiger partial charge in [-0.1, -0.05) is 6.92 Å². The SMILES string of the molecule is CCC1(C(=O)NC2CCCN(C)C2)CCCNC1. The molecule has 2 N–H and O–H groups in total. The third kappa shape index (κ3) is 3.04. The molecule has 18 heavy (non-hydrogen) atoms. The fourth-order valence-electron chi connectivity index (χ4n) is 3.25. The van der Waals surface area contributed by atoms with Gasteiger partial charge in [0.05, 0.1) is 5.41 Å². The van der Waals surface area contributed by atoms with Crippen molar-refractivity contribution in [2.24, 2.45) is 5.41 Å². The van der Waals surface area contributed by atoms with Gasteiger partial charge >= 0.3 is 0 Å². The monoisotopic (exact) mass is 253 g/mol. The molecule has 2 saturated heterocycles. The van der Waals surface area contributed by atoms with Crippen LogP contribution in [-0.2, 0) is 4.79 Å². The summed E-state index contributed by atoms with van der Waals surface area (Å²) in [5.41, 5.74) is -0.158. The van der Waals surface area contributed by atoms with Crippen LogP contribution < -0.4 is 10.6 Å². The van der Waals surface area contributed by atoms with Crippen molar-refractivity contribution in [2.45, 2.75) is 45.1 Å². The van der Waals surface area contributed by atoms with Gasteiger partial charge in [-0.25, -0.2) is 0 Å². The minimum absolute atomic E-state index is 0.158. The molecule has 2 unspecified atom stereocenters. The lowest BCUT2D eigenvalue weighted by atomic mass is 9.77. The average molecular weight is 253 g/mol. The highest BCUT2D eigenvalue weighted by atomic mass is 16.2. The molecule has 0 aliphatic carbocycles. The summed E-state index contributed by atoms with van der Waals surface area (Å²) >= 11 is 0. The van der Waals surface area contributed by atoms with Crippen LogP contribution in [0.15, 0.2) is 0 Å². The molecule has 2 heterocycles. The first kappa shape index (κ1) is 13.8. The van der Waals surface area contributed by atoms with Crippen molar-refractivity contribution in [2.75, 3.05) is 33.2 Å². The van der Waals surface area contributed by atoms with Crippen molar-refractivity contribution in [1.29, 1.82) is 0 Å². The topological polar surface area (TPSA) is 44.4 Å². The van der Waals surface area contributed by atoms with Crippen LogP contribution in [-0.4, -0.2) is 50.1 Å². The number of hydrogen-bond donors (Lipinski definition) is 2. The number of nitrogens with one attached hydrogen (secondary N) is 2. The zero-order valence-electron chi connectivity index (χ0n) is 11.8. The summed E-state index contributed by atoms with van der Waals surface area (Å²) in [7, 11) is 2.13. The maximum absolute atomic E-state index is 12.6. The smallest absolute Gasteiger partial charge is 0.227 e. The number of rotatable bonds is 3. The van der Waals surface area contributed by atoms with E-state index in [1.54, 1.807) is 0 Å². The molecule has 1 amide bonds. The van der Waals surface area contributed by atoms with E-state index in [-0.39, 0.29) is 11.3 Å². The standard InChI is InChI=1S/C14H27N3O/c1-3-14(7-5-8-15-11-14)13(18)16-12-6-4-9-17(2)10-12/h12,15H,3-11H2,1-2H3,(H,16,18). The molecule has 4 heteroatoms. The quantitative estimate of drug-likeness (QED) is 0.788. The molecule has 2 atom stereocenters. The summed E-state index contributed by atoms with van der Waals surface area (Å²) in [5.74, 6) is 0.275. The Morgan fingerprint density at radius 2 is 2.33 bits per heavy atom. The van der Waals surface area contributed by atoms with Crippen LogP contribution in [0.1, 0.15) is 39.0 Å². The molecule has 2 aliphatic heterocycles. The zero-order chi connectivity index (χ0) is 13.0. The first-order chi connectivity index (χ1) is 8.66. The van der Waals surface area contributed by atoms with Crippen molar-refractivity contribution < 1.29 is 4.79 Å². The number of hydrogen-bond acceptors (Lipinski definition) is 3. The summed E-state index contributed by atoms with van der Waals surface area (Å²) in [4.78, 5) is 14.9. The Bertz CT molecular complexity index is 287. The molecule has 2 aliphatic rings. The minimum Gasteiger partial charge on any atom is -0.352 e. The highest BCUT2D eigenvalue weighted by molar-refractivity contribution is 5.83.